The molecule has 1 aromatic carbocycles. The number of carbonyl (C=O) groups is 2. The molecule has 4 rings (SSSR count). The van der Waals surface area contributed by atoms with Crippen molar-refractivity contribution in [3.8, 4) is 5.69 Å². The van der Waals surface area contributed by atoms with Crippen LogP contribution in [0.1, 0.15) is 47.9 Å². The summed E-state index contributed by atoms with van der Waals surface area (Å²) >= 11 is 0. The molecule has 0 aliphatic heterocycles. The molecule has 7 heteroatoms. The molecule has 7 nitrogen and oxygen atoms in total. The second kappa shape index (κ2) is 7.75. The van der Waals surface area contributed by atoms with Crippen LogP contribution in [0.4, 0.5) is 0 Å². The summed E-state index contributed by atoms with van der Waals surface area (Å²) in [4.78, 5) is 25.8. The largest absolute Gasteiger partial charge is 0.480 e. The van der Waals surface area contributed by atoms with Crippen molar-refractivity contribution in [2.24, 2.45) is 0 Å². The molecular formula is C21H26N4O3. The Morgan fingerprint density at radius 2 is 2.00 bits per heavy atom. The molecule has 28 heavy (non-hydrogen) atoms. The number of hydrogen-bond acceptors (Lipinski definition) is 4. The first-order valence-corrected chi connectivity index (χ1v) is 9.99. The van der Waals surface area contributed by atoms with Gasteiger partial charge in [-0.2, -0.15) is 5.10 Å². The Labute approximate surface area is 164 Å². The van der Waals surface area contributed by atoms with E-state index in [0.29, 0.717) is 12.2 Å². The standard InChI is InChI=1S/C21H26N4O3/c1-2-24(13-19(26)27)16-11-14(12-16)22-21(28)20-17-9-6-10-18(17)25(23-20)15-7-4-3-5-8-15/h3-5,7-8,14,16H,2,6,9-13H2,1H3,(H,22,28)(H,26,27). The third-order valence-electron chi connectivity index (χ3n) is 5.86. The fourth-order valence-corrected chi connectivity index (χ4v) is 4.33. The Balaban J connectivity index is 1.44. The van der Waals surface area contributed by atoms with E-state index in [0.717, 1.165) is 49.0 Å². The fourth-order valence-electron chi connectivity index (χ4n) is 4.33. The predicted octanol–water partition coefficient (Wildman–Crippen LogP) is 2.03. The van der Waals surface area contributed by atoms with Crippen LogP contribution in [0.25, 0.3) is 5.69 Å². The van der Waals surface area contributed by atoms with Gasteiger partial charge in [0.1, 0.15) is 0 Å². The van der Waals surface area contributed by atoms with Crippen molar-refractivity contribution in [3.05, 3.63) is 47.3 Å². The zero-order valence-corrected chi connectivity index (χ0v) is 16.1. The summed E-state index contributed by atoms with van der Waals surface area (Å²) in [6.07, 6.45) is 4.45. The topological polar surface area (TPSA) is 87.5 Å². The minimum atomic E-state index is -0.809. The van der Waals surface area contributed by atoms with E-state index in [1.165, 1.54) is 0 Å². The maximum atomic E-state index is 12.9. The van der Waals surface area contributed by atoms with Gasteiger partial charge in [0.05, 0.1) is 12.2 Å². The maximum absolute atomic E-state index is 12.9. The van der Waals surface area contributed by atoms with Crippen molar-refractivity contribution in [2.75, 3.05) is 13.1 Å². The van der Waals surface area contributed by atoms with Gasteiger partial charge in [-0.05, 0) is 50.8 Å². The summed E-state index contributed by atoms with van der Waals surface area (Å²) in [5.74, 6) is -0.922. The van der Waals surface area contributed by atoms with E-state index in [1.807, 2.05) is 46.8 Å². The molecule has 1 heterocycles. The van der Waals surface area contributed by atoms with Crippen LogP contribution in [0.2, 0.25) is 0 Å². The average molecular weight is 382 g/mol. The number of carbonyl (C=O) groups excluding carboxylic acids is 1. The van der Waals surface area contributed by atoms with Crippen LogP contribution >= 0.6 is 0 Å². The highest BCUT2D eigenvalue weighted by Crippen LogP contribution is 2.29. The van der Waals surface area contributed by atoms with E-state index in [1.54, 1.807) is 0 Å². The number of rotatable bonds is 7. The van der Waals surface area contributed by atoms with E-state index in [-0.39, 0.29) is 24.5 Å². The van der Waals surface area contributed by atoms with Crippen molar-refractivity contribution < 1.29 is 14.7 Å². The second-order valence-corrected chi connectivity index (χ2v) is 7.63. The average Bonchev–Trinajstić information content (AvgIpc) is 3.25. The lowest BCUT2D eigenvalue weighted by Crippen LogP contribution is -2.54. The normalized spacial score (nSPS) is 20.6. The molecule has 0 spiro atoms. The molecule has 2 N–H and O–H groups in total. The lowest BCUT2D eigenvalue weighted by molar-refractivity contribution is -0.139. The third-order valence-corrected chi connectivity index (χ3v) is 5.86. The van der Waals surface area contributed by atoms with E-state index in [9.17, 15) is 9.59 Å². The molecule has 1 amide bonds. The molecule has 2 aromatic rings. The Hall–Kier alpha value is -2.67. The van der Waals surface area contributed by atoms with Crippen LogP contribution in [-0.4, -0.2) is 56.8 Å². The highest BCUT2D eigenvalue weighted by atomic mass is 16.4. The summed E-state index contributed by atoms with van der Waals surface area (Å²) in [5.41, 5.74) is 3.73. The number of fused-ring (bicyclic) bond motifs is 1. The van der Waals surface area contributed by atoms with Gasteiger partial charge in [0.15, 0.2) is 5.69 Å². The number of likely N-dealkylation sites (N-methyl/N-ethyl adjacent to an activating group) is 1. The smallest absolute Gasteiger partial charge is 0.317 e. The summed E-state index contributed by atoms with van der Waals surface area (Å²) in [7, 11) is 0. The Morgan fingerprint density at radius 3 is 2.68 bits per heavy atom. The highest BCUT2D eigenvalue weighted by molar-refractivity contribution is 5.94. The van der Waals surface area contributed by atoms with Gasteiger partial charge in [0.2, 0.25) is 0 Å². The Kier molecular flexibility index (Phi) is 5.17. The minimum Gasteiger partial charge on any atom is -0.480 e. The molecule has 0 atom stereocenters. The molecule has 1 aromatic heterocycles. The van der Waals surface area contributed by atoms with E-state index in [2.05, 4.69) is 10.4 Å². The van der Waals surface area contributed by atoms with Crippen LogP contribution < -0.4 is 5.32 Å². The van der Waals surface area contributed by atoms with E-state index < -0.39 is 5.97 Å². The molecule has 1 saturated carbocycles. The van der Waals surface area contributed by atoms with Crippen LogP contribution in [0, 0.1) is 0 Å². The highest BCUT2D eigenvalue weighted by Gasteiger charge is 2.36. The fraction of sp³-hybridized carbons (Fsp3) is 0.476. The van der Waals surface area contributed by atoms with Gasteiger partial charge in [-0.15, -0.1) is 0 Å². The quantitative estimate of drug-likeness (QED) is 0.765. The molecule has 148 valence electrons. The van der Waals surface area contributed by atoms with Crippen LogP contribution in [0.15, 0.2) is 30.3 Å². The Morgan fingerprint density at radius 1 is 1.25 bits per heavy atom. The molecule has 0 radical (unpaired) electrons. The predicted molar refractivity (Wildman–Crippen MR) is 105 cm³/mol. The van der Waals surface area contributed by atoms with Crippen LogP contribution in [0.5, 0.6) is 0 Å². The molecule has 1 fully saturated rings. The van der Waals surface area contributed by atoms with E-state index in [4.69, 9.17) is 5.11 Å². The first-order valence-electron chi connectivity index (χ1n) is 9.99. The molecule has 0 unspecified atom stereocenters. The zero-order chi connectivity index (χ0) is 19.7. The van der Waals surface area contributed by atoms with Crippen molar-refractivity contribution in [1.29, 1.82) is 0 Å². The first-order chi connectivity index (χ1) is 13.6. The first kappa shape index (κ1) is 18.7. The minimum absolute atomic E-state index is 0.0524. The van der Waals surface area contributed by atoms with Gasteiger partial charge in [-0.3, -0.25) is 14.5 Å². The molecule has 0 saturated heterocycles. The molecule has 2 aliphatic carbocycles. The SMILES string of the molecule is CCN(CC(=O)O)C1CC(NC(=O)c2nn(-c3ccccc3)c3c2CCC3)C1. The lowest BCUT2D eigenvalue weighted by Gasteiger charge is -2.42. The summed E-state index contributed by atoms with van der Waals surface area (Å²) in [6, 6.07) is 10.2. The number of aromatic nitrogens is 2. The van der Waals surface area contributed by atoms with Gasteiger partial charge in [0, 0.05) is 23.3 Å². The number of benzene rings is 1. The number of hydrogen-bond donors (Lipinski definition) is 2. The summed E-state index contributed by atoms with van der Waals surface area (Å²) in [6.45, 7) is 2.72. The summed E-state index contributed by atoms with van der Waals surface area (Å²) in [5, 5.41) is 16.7. The van der Waals surface area contributed by atoms with Gasteiger partial charge < -0.3 is 10.4 Å². The number of carboxylic acids is 1. The monoisotopic (exact) mass is 382 g/mol. The van der Waals surface area contributed by atoms with E-state index >= 15 is 0 Å². The van der Waals surface area contributed by atoms with Crippen LogP contribution in [0.3, 0.4) is 0 Å². The number of para-hydroxylation sites is 1. The number of carboxylic acid groups (broad SMARTS) is 1. The molecular weight excluding hydrogens is 356 g/mol. The Bertz CT molecular complexity index is 871. The van der Waals surface area contributed by atoms with Gasteiger partial charge in [0.25, 0.3) is 5.91 Å². The van der Waals surface area contributed by atoms with Crippen molar-refractivity contribution in [3.63, 3.8) is 0 Å². The van der Waals surface area contributed by atoms with Crippen molar-refractivity contribution in [2.45, 2.75) is 51.1 Å². The number of amides is 1. The number of nitrogens with one attached hydrogen (secondary N) is 1. The zero-order valence-electron chi connectivity index (χ0n) is 16.1. The second-order valence-electron chi connectivity index (χ2n) is 7.63. The van der Waals surface area contributed by atoms with Gasteiger partial charge in [-0.1, -0.05) is 25.1 Å². The van der Waals surface area contributed by atoms with Gasteiger partial charge in [-0.25, -0.2) is 4.68 Å². The summed E-state index contributed by atoms with van der Waals surface area (Å²) < 4.78 is 1.91. The van der Waals surface area contributed by atoms with Gasteiger partial charge >= 0.3 is 5.97 Å². The van der Waals surface area contributed by atoms with Crippen molar-refractivity contribution in [1.82, 2.24) is 20.0 Å². The number of aliphatic carboxylic acids is 1. The number of nitrogens with zero attached hydrogens (tertiary/aromatic N) is 3. The van der Waals surface area contributed by atoms with Crippen LogP contribution in [-0.2, 0) is 17.6 Å². The maximum Gasteiger partial charge on any atom is 0.317 e. The molecule has 2 aliphatic rings. The van der Waals surface area contributed by atoms with Crippen molar-refractivity contribution >= 4 is 11.9 Å². The molecule has 0 bridgehead atoms. The lowest BCUT2D eigenvalue weighted by atomic mass is 9.85. The third kappa shape index (κ3) is 3.54.